The van der Waals surface area contributed by atoms with Crippen molar-refractivity contribution in [2.45, 2.75) is 12.4 Å². The van der Waals surface area contributed by atoms with Gasteiger partial charge in [0.05, 0.1) is 18.4 Å². The van der Waals surface area contributed by atoms with E-state index in [0.29, 0.717) is 18.2 Å². The van der Waals surface area contributed by atoms with Gasteiger partial charge in [-0.3, -0.25) is 4.98 Å². The van der Waals surface area contributed by atoms with Crippen LogP contribution in [0.3, 0.4) is 0 Å². The van der Waals surface area contributed by atoms with E-state index in [9.17, 15) is 0 Å². The number of rotatable bonds is 4. The Bertz CT molecular complexity index is 796. The van der Waals surface area contributed by atoms with E-state index in [2.05, 4.69) is 9.97 Å². The summed E-state index contributed by atoms with van der Waals surface area (Å²) >= 11 is 0. The second-order valence-corrected chi connectivity index (χ2v) is 5.39. The van der Waals surface area contributed by atoms with Crippen molar-refractivity contribution in [3.8, 4) is 11.6 Å². The number of nitrogens with zero attached hydrogens (tertiary/aromatic N) is 2. The van der Waals surface area contributed by atoms with Crippen molar-refractivity contribution in [3.63, 3.8) is 0 Å². The smallest absolute Gasteiger partial charge is 0.227 e. The Hall–Kier alpha value is -2.76. The lowest BCUT2D eigenvalue weighted by atomic mass is 10.1. The molecule has 1 aliphatic rings. The highest BCUT2D eigenvalue weighted by Crippen LogP contribution is 2.38. The van der Waals surface area contributed by atoms with Crippen molar-refractivity contribution < 1.29 is 14.2 Å². The second-order valence-electron chi connectivity index (χ2n) is 5.39. The third kappa shape index (κ3) is 3.13. The fraction of sp³-hybridized carbons (Fsp3) is 0.158. The number of hydrogen-bond donors (Lipinski definition) is 0. The van der Waals surface area contributed by atoms with Crippen LogP contribution in [-0.4, -0.2) is 16.6 Å². The fourth-order valence-corrected chi connectivity index (χ4v) is 2.60. The zero-order valence-corrected chi connectivity index (χ0v) is 12.9. The molecule has 3 heterocycles. The van der Waals surface area contributed by atoms with Crippen LogP contribution >= 0.6 is 0 Å². The molecule has 0 amide bonds. The minimum Gasteiger partial charge on any atom is -0.437 e. The maximum Gasteiger partial charge on any atom is 0.227 e. The molecular formula is C19H16N2O3. The molecule has 1 aliphatic heterocycles. The summed E-state index contributed by atoms with van der Waals surface area (Å²) in [5, 5.41) is 0. The lowest BCUT2D eigenvalue weighted by Gasteiger charge is -2.15. The van der Waals surface area contributed by atoms with Gasteiger partial charge in [0.25, 0.3) is 0 Å². The van der Waals surface area contributed by atoms with Crippen molar-refractivity contribution in [2.24, 2.45) is 0 Å². The van der Waals surface area contributed by atoms with Crippen LogP contribution in [0.4, 0.5) is 0 Å². The number of ether oxygens (including phenoxy) is 3. The van der Waals surface area contributed by atoms with Crippen LogP contribution in [0.2, 0.25) is 0 Å². The SMILES string of the molecule is c1ccc(C2CO[C@@H](c3cccnc3Oc3cccnc3)O2)cc1. The highest BCUT2D eigenvalue weighted by molar-refractivity contribution is 5.32. The summed E-state index contributed by atoms with van der Waals surface area (Å²) in [7, 11) is 0. The third-order valence-electron chi connectivity index (χ3n) is 3.76. The first kappa shape index (κ1) is 14.8. The number of pyridine rings is 2. The molecule has 0 aliphatic carbocycles. The van der Waals surface area contributed by atoms with Gasteiger partial charge in [0.15, 0.2) is 6.29 Å². The zero-order valence-electron chi connectivity index (χ0n) is 12.9. The molecule has 0 radical (unpaired) electrons. The maximum atomic E-state index is 6.05. The molecule has 1 aromatic carbocycles. The fourth-order valence-electron chi connectivity index (χ4n) is 2.60. The Morgan fingerprint density at radius 3 is 2.67 bits per heavy atom. The van der Waals surface area contributed by atoms with Gasteiger partial charge >= 0.3 is 0 Å². The van der Waals surface area contributed by atoms with Crippen LogP contribution in [0, 0.1) is 0 Å². The van der Waals surface area contributed by atoms with Gasteiger partial charge in [-0.15, -0.1) is 0 Å². The number of benzene rings is 1. The summed E-state index contributed by atoms with van der Waals surface area (Å²) in [5.41, 5.74) is 1.86. The minimum absolute atomic E-state index is 0.0948. The largest absolute Gasteiger partial charge is 0.437 e. The molecule has 1 unspecified atom stereocenters. The molecule has 0 bridgehead atoms. The summed E-state index contributed by atoms with van der Waals surface area (Å²) in [4.78, 5) is 8.35. The quantitative estimate of drug-likeness (QED) is 0.726. The van der Waals surface area contributed by atoms with Crippen LogP contribution in [0.5, 0.6) is 11.6 Å². The lowest BCUT2D eigenvalue weighted by molar-refractivity contribution is -0.0620. The van der Waals surface area contributed by atoms with Crippen molar-refractivity contribution >= 4 is 0 Å². The van der Waals surface area contributed by atoms with Gasteiger partial charge in [0.1, 0.15) is 11.9 Å². The molecule has 0 N–H and O–H groups in total. The average molecular weight is 320 g/mol. The molecule has 2 atom stereocenters. The molecule has 5 nitrogen and oxygen atoms in total. The van der Waals surface area contributed by atoms with Crippen LogP contribution < -0.4 is 4.74 Å². The van der Waals surface area contributed by atoms with Gasteiger partial charge in [-0.2, -0.15) is 0 Å². The minimum atomic E-state index is -0.504. The number of aromatic nitrogens is 2. The Kier molecular flexibility index (Phi) is 4.18. The molecule has 0 saturated carbocycles. The van der Waals surface area contributed by atoms with Crippen LogP contribution in [-0.2, 0) is 9.47 Å². The molecule has 0 spiro atoms. The van der Waals surface area contributed by atoms with Crippen molar-refractivity contribution in [3.05, 3.63) is 84.3 Å². The van der Waals surface area contributed by atoms with E-state index in [-0.39, 0.29) is 6.10 Å². The summed E-state index contributed by atoms with van der Waals surface area (Å²) in [6.45, 7) is 0.496. The van der Waals surface area contributed by atoms with Gasteiger partial charge in [-0.25, -0.2) is 4.98 Å². The molecular weight excluding hydrogens is 304 g/mol. The average Bonchev–Trinajstić information content (AvgIpc) is 3.14. The molecule has 24 heavy (non-hydrogen) atoms. The standard InChI is InChI=1S/C19H16N2O3/c1-2-6-14(7-3-1)17-13-22-19(24-17)16-9-5-11-21-18(16)23-15-8-4-10-20-12-15/h1-12,17,19H,13H2/t17?,19-/m1/s1. The first-order chi connectivity index (χ1) is 11.9. The normalized spacial score (nSPS) is 20.0. The topological polar surface area (TPSA) is 53.5 Å². The predicted molar refractivity (Wildman–Crippen MR) is 87.5 cm³/mol. The second kappa shape index (κ2) is 6.78. The Balaban J connectivity index is 1.55. The molecule has 4 rings (SSSR count). The van der Waals surface area contributed by atoms with E-state index >= 15 is 0 Å². The summed E-state index contributed by atoms with van der Waals surface area (Å²) < 4.78 is 17.7. The Morgan fingerprint density at radius 2 is 1.83 bits per heavy atom. The van der Waals surface area contributed by atoms with Gasteiger partial charge in [-0.05, 0) is 29.8 Å². The van der Waals surface area contributed by atoms with E-state index in [0.717, 1.165) is 11.1 Å². The molecule has 1 fully saturated rings. The molecule has 1 saturated heterocycles. The van der Waals surface area contributed by atoms with Gasteiger partial charge < -0.3 is 14.2 Å². The van der Waals surface area contributed by atoms with Gasteiger partial charge in [-0.1, -0.05) is 30.3 Å². The third-order valence-corrected chi connectivity index (χ3v) is 3.76. The highest BCUT2D eigenvalue weighted by Gasteiger charge is 2.31. The first-order valence-corrected chi connectivity index (χ1v) is 7.75. The van der Waals surface area contributed by atoms with E-state index in [1.165, 1.54) is 0 Å². The molecule has 2 aromatic heterocycles. The van der Waals surface area contributed by atoms with E-state index < -0.39 is 6.29 Å². The first-order valence-electron chi connectivity index (χ1n) is 7.75. The highest BCUT2D eigenvalue weighted by atomic mass is 16.7. The van der Waals surface area contributed by atoms with Gasteiger partial charge in [0.2, 0.25) is 5.88 Å². The predicted octanol–water partition coefficient (Wildman–Crippen LogP) is 4.06. The van der Waals surface area contributed by atoms with Crippen LogP contribution in [0.1, 0.15) is 23.5 Å². The van der Waals surface area contributed by atoms with Crippen LogP contribution in [0.15, 0.2) is 73.2 Å². The van der Waals surface area contributed by atoms with Crippen molar-refractivity contribution in [1.29, 1.82) is 0 Å². The number of hydrogen-bond acceptors (Lipinski definition) is 5. The summed E-state index contributed by atoms with van der Waals surface area (Å²) in [5.74, 6) is 1.08. The maximum absolute atomic E-state index is 6.05. The Labute approximate surface area is 139 Å². The van der Waals surface area contributed by atoms with Crippen molar-refractivity contribution in [1.82, 2.24) is 9.97 Å². The Morgan fingerprint density at radius 1 is 0.958 bits per heavy atom. The molecule has 5 heteroatoms. The van der Waals surface area contributed by atoms with E-state index in [4.69, 9.17) is 14.2 Å². The lowest BCUT2D eigenvalue weighted by Crippen LogP contribution is -2.03. The van der Waals surface area contributed by atoms with E-state index in [1.807, 2.05) is 54.6 Å². The molecule has 120 valence electrons. The van der Waals surface area contributed by atoms with E-state index in [1.54, 1.807) is 18.6 Å². The molecule has 3 aromatic rings. The van der Waals surface area contributed by atoms with Crippen LogP contribution in [0.25, 0.3) is 0 Å². The summed E-state index contributed by atoms with van der Waals surface area (Å²) in [6.07, 6.45) is 4.42. The zero-order chi connectivity index (χ0) is 16.2. The monoisotopic (exact) mass is 320 g/mol. The summed E-state index contributed by atoms with van der Waals surface area (Å²) in [6, 6.07) is 17.4. The van der Waals surface area contributed by atoms with Gasteiger partial charge in [0, 0.05) is 12.4 Å². The van der Waals surface area contributed by atoms with Crippen molar-refractivity contribution in [2.75, 3.05) is 6.61 Å².